The Bertz CT molecular complexity index is 196. The number of rotatable bonds is 6. The summed E-state index contributed by atoms with van der Waals surface area (Å²) in [4.78, 5) is 0. The Morgan fingerprint density at radius 3 is 2.60 bits per heavy atom. The summed E-state index contributed by atoms with van der Waals surface area (Å²) in [6, 6.07) is 0.520. The molecule has 0 spiro atoms. The van der Waals surface area contributed by atoms with Crippen LogP contribution in [-0.4, -0.2) is 27.8 Å². The zero-order valence-corrected chi connectivity index (χ0v) is 10.9. The summed E-state index contributed by atoms with van der Waals surface area (Å²) in [5.41, 5.74) is 0. The van der Waals surface area contributed by atoms with Crippen LogP contribution in [0.3, 0.4) is 0 Å². The van der Waals surface area contributed by atoms with E-state index in [-0.39, 0.29) is 0 Å². The Kier molecular flexibility index (Phi) is 6.50. The van der Waals surface area contributed by atoms with Crippen molar-refractivity contribution in [3.63, 3.8) is 0 Å². The highest BCUT2D eigenvalue weighted by Gasteiger charge is 2.28. The van der Waals surface area contributed by atoms with Crippen molar-refractivity contribution in [1.29, 1.82) is 0 Å². The molecule has 1 fully saturated rings. The van der Waals surface area contributed by atoms with E-state index in [9.17, 15) is 4.21 Å². The monoisotopic (exact) mass is 231 g/mol. The van der Waals surface area contributed by atoms with Gasteiger partial charge in [-0.15, -0.1) is 0 Å². The van der Waals surface area contributed by atoms with E-state index >= 15 is 0 Å². The molecule has 1 aliphatic rings. The van der Waals surface area contributed by atoms with Gasteiger partial charge in [0.2, 0.25) is 0 Å². The summed E-state index contributed by atoms with van der Waals surface area (Å²) in [5, 5.41) is 3.99. The molecule has 0 bridgehead atoms. The van der Waals surface area contributed by atoms with Crippen molar-refractivity contribution in [2.45, 2.75) is 63.7 Å². The summed E-state index contributed by atoms with van der Waals surface area (Å²) < 4.78 is 12.0. The quantitative estimate of drug-likeness (QED) is 0.761. The molecule has 0 aromatic carbocycles. The third-order valence-electron chi connectivity index (χ3n) is 3.10. The van der Waals surface area contributed by atoms with Crippen molar-refractivity contribution in [1.82, 2.24) is 5.32 Å². The van der Waals surface area contributed by atoms with E-state index in [1.54, 1.807) is 0 Å². The predicted molar refractivity (Wildman–Crippen MR) is 67.6 cm³/mol. The van der Waals surface area contributed by atoms with Crippen LogP contribution in [0.1, 0.15) is 52.4 Å². The molecule has 0 aromatic rings. The van der Waals surface area contributed by atoms with Crippen LogP contribution in [0.15, 0.2) is 0 Å². The Balaban J connectivity index is 2.45. The molecule has 1 rings (SSSR count). The number of hydrogen-bond acceptors (Lipinski definition) is 2. The fourth-order valence-corrected chi connectivity index (χ4v) is 4.06. The smallest absolute Gasteiger partial charge is 0.0501 e. The van der Waals surface area contributed by atoms with Crippen LogP contribution in [0, 0.1) is 0 Å². The Hall–Kier alpha value is 0.110. The SMILES string of the molecule is CCCNC1CCCCC1S(=O)CCC. The predicted octanol–water partition coefficient (Wildman–Crippen LogP) is 2.46. The van der Waals surface area contributed by atoms with Gasteiger partial charge in [-0.3, -0.25) is 4.21 Å². The van der Waals surface area contributed by atoms with Crippen molar-refractivity contribution < 1.29 is 4.21 Å². The van der Waals surface area contributed by atoms with E-state index in [1.165, 1.54) is 25.7 Å². The van der Waals surface area contributed by atoms with Crippen LogP contribution in [-0.2, 0) is 10.8 Å². The third-order valence-corrected chi connectivity index (χ3v) is 5.15. The Morgan fingerprint density at radius 1 is 1.20 bits per heavy atom. The van der Waals surface area contributed by atoms with Crippen LogP contribution >= 0.6 is 0 Å². The normalized spacial score (nSPS) is 28.9. The summed E-state index contributed by atoms with van der Waals surface area (Å²) >= 11 is 0. The molecular weight excluding hydrogens is 206 g/mol. The molecule has 1 N–H and O–H groups in total. The fraction of sp³-hybridized carbons (Fsp3) is 1.00. The lowest BCUT2D eigenvalue weighted by Gasteiger charge is -2.31. The van der Waals surface area contributed by atoms with E-state index in [2.05, 4.69) is 19.2 Å². The molecule has 0 aliphatic heterocycles. The zero-order chi connectivity index (χ0) is 11.1. The first kappa shape index (κ1) is 13.2. The van der Waals surface area contributed by atoms with Crippen molar-refractivity contribution in [2.24, 2.45) is 0 Å². The molecular formula is C12H25NOS. The minimum atomic E-state index is -0.603. The highest BCUT2D eigenvalue weighted by atomic mass is 32.2. The molecule has 90 valence electrons. The summed E-state index contributed by atoms with van der Waals surface area (Å²) in [6.07, 6.45) is 7.17. The van der Waals surface area contributed by atoms with Crippen molar-refractivity contribution in [2.75, 3.05) is 12.3 Å². The van der Waals surface area contributed by atoms with Crippen LogP contribution in [0.5, 0.6) is 0 Å². The lowest BCUT2D eigenvalue weighted by atomic mass is 9.95. The van der Waals surface area contributed by atoms with Gasteiger partial charge in [0.05, 0.1) is 5.25 Å². The van der Waals surface area contributed by atoms with E-state index in [0.717, 1.165) is 25.1 Å². The van der Waals surface area contributed by atoms with E-state index in [1.807, 2.05) is 0 Å². The van der Waals surface area contributed by atoms with Gasteiger partial charge < -0.3 is 5.32 Å². The minimum absolute atomic E-state index is 0.422. The highest BCUT2D eigenvalue weighted by molar-refractivity contribution is 7.85. The van der Waals surface area contributed by atoms with Gasteiger partial charge in [0, 0.05) is 22.6 Å². The van der Waals surface area contributed by atoms with Crippen molar-refractivity contribution in [3.8, 4) is 0 Å². The van der Waals surface area contributed by atoms with Crippen LogP contribution in [0.2, 0.25) is 0 Å². The molecule has 3 atom stereocenters. The Morgan fingerprint density at radius 2 is 1.93 bits per heavy atom. The van der Waals surface area contributed by atoms with Gasteiger partial charge in [-0.25, -0.2) is 0 Å². The van der Waals surface area contributed by atoms with Crippen LogP contribution in [0.25, 0.3) is 0 Å². The summed E-state index contributed by atoms with van der Waals surface area (Å²) in [7, 11) is -0.603. The minimum Gasteiger partial charge on any atom is -0.313 e. The fourth-order valence-electron chi connectivity index (χ4n) is 2.33. The second kappa shape index (κ2) is 7.39. The lowest BCUT2D eigenvalue weighted by molar-refractivity contribution is 0.379. The maximum absolute atomic E-state index is 12.0. The van der Waals surface area contributed by atoms with Gasteiger partial charge in [0.1, 0.15) is 0 Å². The standard InChI is InChI=1S/C12H25NOS/c1-3-9-13-11-7-5-6-8-12(11)15(14)10-4-2/h11-13H,3-10H2,1-2H3. The molecule has 0 aromatic heterocycles. The maximum atomic E-state index is 12.0. The first-order chi connectivity index (χ1) is 7.29. The molecule has 15 heavy (non-hydrogen) atoms. The van der Waals surface area contributed by atoms with Crippen LogP contribution in [0.4, 0.5) is 0 Å². The van der Waals surface area contributed by atoms with E-state index < -0.39 is 10.8 Å². The topological polar surface area (TPSA) is 29.1 Å². The number of nitrogens with one attached hydrogen (secondary N) is 1. The van der Waals surface area contributed by atoms with Crippen molar-refractivity contribution >= 4 is 10.8 Å². The molecule has 0 heterocycles. The number of hydrogen-bond donors (Lipinski definition) is 1. The molecule has 0 saturated heterocycles. The first-order valence-electron chi connectivity index (χ1n) is 6.40. The first-order valence-corrected chi connectivity index (χ1v) is 7.78. The molecule has 1 saturated carbocycles. The lowest BCUT2D eigenvalue weighted by Crippen LogP contribution is -2.45. The van der Waals surface area contributed by atoms with Gasteiger partial charge in [-0.05, 0) is 32.2 Å². The maximum Gasteiger partial charge on any atom is 0.0501 e. The largest absolute Gasteiger partial charge is 0.313 e. The highest BCUT2D eigenvalue weighted by Crippen LogP contribution is 2.23. The van der Waals surface area contributed by atoms with Crippen LogP contribution < -0.4 is 5.32 Å². The van der Waals surface area contributed by atoms with E-state index in [0.29, 0.717) is 11.3 Å². The van der Waals surface area contributed by atoms with E-state index in [4.69, 9.17) is 0 Å². The van der Waals surface area contributed by atoms with Gasteiger partial charge in [-0.2, -0.15) is 0 Å². The van der Waals surface area contributed by atoms with Gasteiger partial charge in [-0.1, -0.05) is 26.7 Å². The average Bonchev–Trinajstić information content (AvgIpc) is 2.27. The molecule has 1 aliphatic carbocycles. The second-order valence-corrected chi connectivity index (χ2v) is 6.24. The summed E-state index contributed by atoms with van der Waals surface area (Å²) in [5.74, 6) is 0.884. The molecule has 0 amide bonds. The molecule has 3 unspecified atom stereocenters. The van der Waals surface area contributed by atoms with Gasteiger partial charge >= 0.3 is 0 Å². The second-order valence-electron chi connectivity index (χ2n) is 4.47. The van der Waals surface area contributed by atoms with Crippen molar-refractivity contribution in [3.05, 3.63) is 0 Å². The van der Waals surface area contributed by atoms with Gasteiger partial charge in [0.25, 0.3) is 0 Å². The van der Waals surface area contributed by atoms with Gasteiger partial charge in [0.15, 0.2) is 0 Å². The molecule has 2 nitrogen and oxygen atoms in total. The molecule has 0 radical (unpaired) electrons. The molecule has 3 heteroatoms. The summed E-state index contributed by atoms with van der Waals surface area (Å²) in [6.45, 7) is 5.38. The Labute approximate surface area is 96.7 Å². The average molecular weight is 231 g/mol. The zero-order valence-electron chi connectivity index (χ0n) is 10.1. The third kappa shape index (κ3) is 4.23.